The average Bonchev–Trinajstić information content (AvgIpc) is 2.68. The molecule has 1 aliphatic carbocycles. The number of halogens is 1. The van der Waals surface area contributed by atoms with E-state index in [1.54, 1.807) is 6.07 Å². The summed E-state index contributed by atoms with van der Waals surface area (Å²) in [4.78, 5) is 16.1. The van der Waals surface area contributed by atoms with Crippen LogP contribution in [0.1, 0.15) is 38.5 Å². The number of para-hydroxylation sites is 1. The van der Waals surface area contributed by atoms with E-state index < -0.39 is 0 Å². The van der Waals surface area contributed by atoms with Crippen LogP contribution in [-0.4, -0.2) is 49.6 Å². The Kier molecular flexibility index (Phi) is 7.05. The third-order valence-corrected chi connectivity index (χ3v) is 5.87. The van der Waals surface area contributed by atoms with Crippen LogP contribution in [0.25, 0.3) is 0 Å². The SMILES string of the molecule is N#CCC(=O)N[C@H]1CC[C@@H](CCN2CCN(c3ccccc3F)CC2)CC1. The molecule has 2 fully saturated rings. The summed E-state index contributed by atoms with van der Waals surface area (Å²) in [6, 6.07) is 9.16. The van der Waals surface area contributed by atoms with Gasteiger partial charge in [0.2, 0.25) is 5.91 Å². The molecular weight excluding hydrogens is 343 g/mol. The highest BCUT2D eigenvalue weighted by Gasteiger charge is 2.24. The molecule has 0 radical (unpaired) electrons. The fourth-order valence-corrected chi connectivity index (χ4v) is 4.23. The molecule has 6 heteroatoms. The van der Waals surface area contributed by atoms with Gasteiger partial charge in [0.25, 0.3) is 0 Å². The zero-order chi connectivity index (χ0) is 19.1. The van der Waals surface area contributed by atoms with Crippen molar-refractivity contribution in [2.24, 2.45) is 5.92 Å². The molecule has 1 aromatic carbocycles. The van der Waals surface area contributed by atoms with Gasteiger partial charge in [-0.05, 0) is 56.7 Å². The molecule has 1 saturated heterocycles. The summed E-state index contributed by atoms with van der Waals surface area (Å²) in [5, 5.41) is 11.5. The summed E-state index contributed by atoms with van der Waals surface area (Å²) in [7, 11) is 0. The third kappa shape index (κ3) is 5.67. The Morgan fingerprint density at radius 2 is 1.85 bits per heavy atom. The van der Waals surface area contributed by atoms with Crippen molar-refractivity contribution in [1.82, 2.24) is 10.2 Å². The van der Waals surface area contributed by atoms with E-state index in [1.807, 2.05) is 18.2 Å². The number of carbonyl (C=O) groups is 1. The first kappa shape index (κ1) is 19.6. The molecule has 1 amide bonds. The highest BCUT2D eigenvalue weighted by molar-refractivity contribution is 5.78. The van der Waals surface area contributed by atoms with Crippen molar-refractivity contribution in [2.45, 2.75) is 44.6 Å². The molecule has 0 spiro atoms. The highest BCUT2D eigenvalue weighted by atomic mass is 19.1. The van der Waals surface area contributed by atoms with E-state index in [1.165, 1.54) is 12.5 Å². The Bertz CT molecular complexity index is 658. The molecule has 146 valence electrons. The van der Waals surface area contributed by atoms with Crippen molar-refractivity contribution >= 4 is 11.6 Å². The molecule has 27 heavy (non-hydrogen) atoms. The smallest absolute Gasteiger partial charge is 0.234 e. The first-order valence-electron chi connectivity index (χ1n) is 10.0. The van der Waals surface area contributed by atoms with E-state index in [4.69, 9.17) is 5.26 Å². The number of rotatable bonds is 6. The van der Waals surface area contributed by atoms with Crippen molar-refractivity contribution < 1.29 is 9.18 Å². The van der Waals surface area contributed by atoms with Crippen LogP contribution in [0.5, 0.6) is 0 Å². The maximum absolute atomic E-state index is 13.9. The van der Waals surface area contributed by atoms with Crippen LogP contribution in [0.4, 0.5) is 10.1 Å². The second-order valence-electron chi connectivity index (χ2n) is 7.69. The number of hydrogen-bond donors (Lipinski definition) is 1. The predicted octanol–water partition coefficient (Wildman–Crippen LogP) is 2.93. The fraction of sp³-hybridized carbons (Fsp3) is 0.619. The summed E-state index contributed by atoms with van der Waals surface area (Å²) in [5.41, 5.74) is 0.717. The molecule has 0 atom stereocenters. The molecule has 3 rings (SSSR count). The third-order valence-electron chi connectivity index (χ3n) is 5.87. The maximum Gasteiger partial charge on any atom is 0.234 e. The predicted molar refractivity (Wildman–Crippen MR) is 104 cm³/mol. The van der Waals surface area contributed by atoms with Gasteiger partial charge < -0.3 is 10.2 Å². The number of piperazine rings is 1. The van der Waals surface area contributed by atoms with Gasteiger partial charge in [0.1, 0.15) is 12.2 Å². The van der Waals surface area contributed by atoms with Gasteiger partial charge in [-0.15, -0.1) is 0 Å². The van der Waals surface area contributed by atoms with E-state index in [9.17, 15) is 9.18 Å². The number of anilines is 1. The lowest BCUT2D eigenvalue weighted by Crippen LogP contribution is -2.47. The lowest BCUT2D eigenvalue weighted by molar-refractivity contribution is -0.121. The number of nitrogens with zero attached hydrogens (tertiary/aromatic N) is 3. The molecule has 1 N–H and O–H groups in total. The second-order valence-corrected chi connectivity index (χ2v) is 7.69. The van der Waals surface area contributed by atoms with Crippen LogP contribution < -0.4 is 10.2 Å². The minimum atomic E-state index is -0.145. The molecule has 0 bridgehead atoms. The molecule has 0 aromatic heterocycles. The topological polar surface area (TPSA) is 59.4 Å². The van der Waals surface area contributed by atoms with Crippen LogP contribution >= 0.6 is 0 Å². The Morgan fingerprint density at radius 3 is 2.52 bits per heavy atom. The molecule has 2 aliphatic rings. The summed E-state index contributed by atoms with van der Waals surface area (Å²) >= 11 is 0. The first-order valence-corrected chi connectivity index (χ1v) is 10.0. The lowest BCUT2D eigenvalue weighted by atomic mass is 9.84. The molecule has 1 saturated carbocycles. The van der Waals surface area contributed by atoms with Crippen molar-refractivity contribution in [3.05, 3.63) is 30.1 Å². The van der Waals surface area contributed by atoms with E-state index in [0.717, 1.165) is 64.3 Å². The van der Waals surface area contributed by atoms with E-state index in [-0.39, 0.29) is 24.2 Å². The summed E-state index contributed by atoms with van der Waals surface area (Å²) in [6.45, 7) is 4.81. The molecule has 1 aromatic rings. The van der Waals surface area contributed by atoms with Crippen molar-refractivity contribution in [3.63, 3.8) is 0 Å². The lowest BCUT2D eigenvalue weighted by Gasteiger charge is -2.37. The minimum absolute atomic E-state index is 0.0429. The van der Waals surface area contributed by atoms with E-state index in [2.05, 4.69) is 15.1 Å². The Labute approximate surface area is 161 Å². The molecule has 1 aliphatic heterocycles. The number of amides is 1. The van der Waals surface area contributed by atoms with Crippen LogP contribution in [0.2, 0.25) is 0 Å². The van der Waals surface area contributed by atoms with Crippen LogP contribution in [-0.2, 0) is 4.79 Å². The number of benzene rings is 1. The molecule has 5 nitrogen and oxygen atoms in total. The Morgan fingerprint density at radius 1 is 1.15 bits per heavy atom. The zero-order valence-electron chi connectivity index (χ0n) is 15.9. The second kappa shape index (κ2) is 9.70. The summed E-state index contributed by atoms with van der Waals surface area (Å²) in [6.07, 6.45) is 5.47. The zero-order valence-corrected chi connectivity index (χ0v) is 15.9. The highest BCUT2D eigenvalue weighted by Crippen LogP contribution is 2.27. The van der Waals surface area contributed by atoms with Gasteiger partial charge in [-0.25, -0.2) is 4.39 Å². The number of hydrogen-bond acceptors (Lipinski definition) is 4. The average molecular weight is 372 g/mol. The first-order chi connectivity index (χ1) is 13.2. The van der Waals surface area contributed by atoms with Crippen LogP contribution in [0.3, 0.4) is 0 Å². The van der Waals surface area contributed by atoms with Gasteiger partial charge in [0, 0.05) is 32.2 Å². The van der Waals surface area contributed by atoms with Gasteiger partial charge in [-0.2, -0.15) is 5.26 Å². The summed E-state index contributed by atoms with van der Waals surface area (Å²) < 4.78 is 13.9. The van der Waals surface area contributed by atoms with Crippen molar-refractivity contribution in [3.8, 4) is 6.07 Å². The van der Waals surface area contributed by atoms with Crippen LogP contribution in [0, 0.1) is 23.1 Å². The van der Waals surface area contributed by atoms with Gasteiger partial charge in [0.15, 0.2) is 0 Å². The largest absolute Gasteiger partial charge is 0.367 e. The number of nitriles is 1. The van der Waals surface area contributed by atoms with Gasteiger partial charge >= 0.3 is 0 Å². The Balaban J connectivity index is 1.34. The number of nitrogens with one attached hydrogen (secondary N) is 1. The number of carbonyl (C=O) groups excluding carboxylic acids is 1. The molecule has 0 unspecified atom stereocenters. The fourth-order valence-electron chi connectivity index (χ4n) is 4.23. The minimum Gasteiger partial charge on any atom is -0.367 e. The summed E-state index contributed by atoms with van der Waals surface area (Å²) in [5.74, 6) is 0.442. The maximum atomic E-state index is 13.9. The van der Waals surface area contributed by atoms with Crippen LogP contribution in [0.15, 0.2) is 24.3 Å². The quantitative estimate of drug-likeness (QED) is 0.834. The molecule has 1 heterocycles. The van der Waals surface area contributed by atoms with Crippen molar-refractivity contribution in [1.29, 1.82) is 5.26 Å². The normalized spacial score (nSPS) is 23.6. The van der Waals surface area contributed by atoms with E-state index >= 15 is 0 Å². The van der Waals surface area contributed by atoms with Gasteiger partial charge in [-0.1, -0.05) is 12.1 Å². The van der Waals surface area contributed by atoms with Gasteiger partial charge in [-0.3, -0.25) is 9.69 Å². The van der Waals surface area contributed by atoms with E-state index in [0.29, 0.717) is 5.69 Å². The monoisotopic (exact) mass is 372 g/mol. The van der Waals surface area contributed by atoms with Gasteiger partial charge in [0.05, 0.1) is 11.8 Å². The van der Waals surface area contributed by atoms with Crippen molar-refractivity contribution in [2.75, 3.05) is 37.6 Å². The molecular formula is C21H29FN4O. The Hall–Kier alpha value is -2.13. The standard InChI is InChI=1S/C21H29FN4O/c22-19-3-1-2-4-20(19)26-15-13-25(14-16-26)12-10-17-5-7-18(8-6-17)24-21(27)9-11-23/h1-4,17-18H,5-10,12-16H2,(H,24,27)/t17-,18+.